The first-order valence-electron chi connectivity index (χ1n) is 7.56. The summed E-state index contributed by atoms with van der Waals surface area (Å²) in [5.74, 6) is 0.734. The SMILES string of the molecule is Cc1cscc1C(O)c1ccc(C2CCCCC2)cc1. The lowest BCUT2D eigenvalue weighted by atomic mass is 9.83. The smallest absolute Gasteiger partial charge is 0.105 e. The summed E-state index contributed by atoms with van der Waals surface area (Å²) < 4.78 is 0. The summed E-state index contributed by atoms with van der Waals surface area (Å²) in [4.78, 5) is 0. The van der Waals surface area contributed by atoms with Crippen molar-refractivity contribution in [2.24, 2.45) is 0 Å². The predicted octanol–water partition coefficient (Wildman–Crippen LogP) is 5.19. The second kappa shape index (κ2) is 6.11. The third-order valence-corrected chi connectivity index (χ3v) is 5.40. The minimum Gasteiger partial charge on any atom is -0.384 e. The van der Waals surface area contributed by atoms with Crippen molar-refractivity contribution in [1.29, 1.82) is 0 Å². The summed E-state index contributed by atoms with van der Waals surface area (Å²) in [5, 5.41) is 14.6. The van der Waals surface area contributed by atoms with Gasteiger partial charge in [-0.15, -0.1) is 0 Å². The maximum Gasteiger partial charge on any atom is 0.105 e. The Kier molecular flexibility index (Phi) is 4.23. The zero-order valence-corrected chi connectivity index (χ0v) is 12.8. The van der Waals surface area contributed by atoms with Crippen molar-refractivity contribution in [1.82, 2.24) is 0 Å². The number of thiophene rings is 1. The fourth-order valence-electron chi connectivity index (χ4n) is 3.22. The van der Waals surface area contributed by atoms with Crippen LogP contribution >= 0.6 is 11.3 Å². The van der Waals surface area contributed by atoms with Gasteiger partial charge in [0, 0.05) is 0 Å². The van der Waals surface area contributed by atoms with E-state index in [1.807, 2.05) is 0 Å². The van der Waals surface area contributed by atoms with E-state index in [-0.39, 0.29) is 0 Å². The Morgan fingerprint density at radius 3 is 2.35 bits per heavy atom. The van der Waals surface area contributed by atoms with Gasteiger partial charge in [-0.2, -0.15) is 11.3 Å². The molecule has 1 nitrogen and oxygen atoms in total. The van der Waals surface area contributed by atoms with Crippen LogP contribution in [0.3, 0.4) is 0 Å². The molecule has 20 heavy (non-hydrogen) atoms. The van der Waals surface area contributed by atoms with Gasteiger partial charge in [-0.3, -0.25) is 0 Å². The fourth-order valence-corrected chi connectivity index (χ4v) is 4.09. The van der Waals surface area contributed by atoms with Crippen LogP contribution in [-0.4, -0.2) is 5.11 Å². The molecule has 1 atom stereocenters. The van der Waals surface area contributed by atoms with E-state index in [0.717, 1.165) is 17.0 Å². The summed E-state index contributed by atoms with van der Waals surface area (Å²) in [5.41, 5.74) is 4.67. The Hall–Kier alpha value is -1.12. The number of aliphatic hydroxyl groups excluding tert-OH is 1. The van der Waals surface area contributed by atoms with Gasteiger partial charge < -0.3 is 5.11 Å². The zero-order valence-electron chi connectivity index (χ0n) is 12.0. The molecule has 2 aromatic rings. The molecule has 1 fully saturated rings. The highest BCUT2D eigenvalue weighted by molar-refractivity contribution is 7.08. The number of aryl methyl sites for hydroxylation is 1. The summed E-state index contributed by atoms with van der Waals surface area (Å²) >= 11 is 1.66. The number of benzene rings is 1. The molecular formula is C18H22OS. The van der Waals surface area contributed by atoms with Crippen LogP contribution in [0.2, 0.25) is 0 Å². The van der Waals surface area contributed by atoms with Crippen molar-refractivity contribution >= 4 is 11.3 Å². The van der Waals surface area contributed by atoms with Crippen LogP contribution in [0.25, 0.3) is 0 Å². The summed E-state index contributed by atoms with van der Waals surface area (Å²) in [7, 11) is 0. The van der Waals surface area contributed by atoms with Gasteiger partial charge in [0.1, 0.15) is 6.10 Å². The average Bonchev–Trinajstić information content (AvgIpc) is 2.94. The van der Waals surface area contributed by atoms with Crippen LogP contribution in [-0.2, 0) is 0 Å². The lowest BCUT2D eigenvalue weighted by molar-refractivity contribution is 0.220. The first-order chi connectivity index (χ1) is 9.75. The first-order valence-corrected chi connectivity index (χ1v) is 8.50. The van der Waals surface area contributed by atoms with Crippen molar-refractivity contribution in [2.45, 2.75) is 51.0 Å². The molecule has 2 heteroatoms. The molecule has 1 aliphatic carbocycles. The lowest BCUT2D eigenvalue weighted by Crippen LogP contribution is -2.05. The lowest BCUT2D eigenvalue weighted by Gasteiger charge is -2.22. The summed E-state index contributed by atoms with van der Waals surface area (Å²) in [6.07, 6.45) is 6.29. The predicted molar refractivity (Wildman–Crippen MR) is 85.4 cm³/mol. The minimum atomic E-state index is -0.485. The second-order valence-corrected chi connectivity index (χ2v) is 6.66. The molecule has 1 aromatic heterocycles. The van der Waals surface area contributed by atoms with E-state index in [1.165, 1.54) is 43.2 Å². The third-order valence-electron chi connectivity index (χ3n) is 4.52. The number of rotatable bonds is 3. The molecular weight excluding hydrogens is 264 g/mol. The van der Waals surface area contributed by atoms with E-state index < -0.39 is 6.10 Å². The van der Waals surface area contributed by atoms with Gasteiger partial charge in [-0.1, -0.05) is 43.5 Å². The van der Waals surface area contributed by atoms with E-state index in [1.54, 1.807) is 11.3 Å². The van der Waals surface area contributed by atoms with Gasteiger partial charge in [0.25, 0.3) is 0 Å². The monoisotopic (exact) mass is 286 g/mol. The molecule has 1 saturated carbocycles. The summed E-state index contributed by atoms with van der Waals surface area (Å²) in [6.45, 7) is 2.06. The summed E-state index contributed by atoms with van der Waals surface area (Å²) in [6, 6.07) is 8.64. The van der Waals surface area contributed by atoms with Crippen molar-refractivity contribution in [3.63, 3.8) is 0 Å². The minimum absolute atomic E-state index is 0.485. The Balaban J connectivity index is 1.77. The quantitative estimate of drug-likeness (QED) is 0.823. The van der Waals surface area contributed by atoms with Gasteiger partial charge >= 0.3 is 0 Å². The van der Waals surface area contributed by atoms with Gasteiger partial charge in [-0.05, 0) is 58.7 Å². The molecule has 106 valence electrons. The molecule has 1 heterocycles. The van der Waals surface area contributed by atoms with Crippen LogP contribution in [0, 0.1) is 6.92 Å². The van der Waals surface area contributed by atoms with Crippen molar-refractivity contribution in [2.75, 3.05) is 0 Å². The van der Waals surface area contributed by atoms with Crippen LogP contribution in [0.5, 0.6) is 0 Å². The second-order valence-electron chi connectivity index (χ2n) is 5.91. The average molecular weight is 286 g/mol. The molecule has 1 N–H and O–H groups in total. The normalized spacial score (nSPS) is 18.1. The van der Waals surface area contributed by atoms with Gasteiger partial charge in [0.2, 0.25) is 0 Å². The number of hydrogen-bond donors (Lipinski definition) is 1. The van der Waals surface area contributed by atoms with Crippen molar-refractivity contribution in [3.05, 3.63) is 57.3 Å². The number of aliphatic hydroxyl groups is 1. The molecule has 1 unspecified atom stereocenters. The molecule has 0 aliphatic heterocycles. The van der Waals surface area contributed by atoms with Gasteiger partial charge in [0.15, 0.2) is 0 Å². The van der Waals surface area contributed by atoms with E-state index in [0.29, 0.717) is 0 Å². The zero-order chi connectivity index (χ0) is 13.9. The third kappa shape index (κ3) is 2.82. The molecule has 0 spiro atoms. The Bertz CT molecular complexity index is 549. The Morgan fingerprint density at radius 1 is 1.05 bits per heavy atom. The maximum absolute atomic E-state index is 10.5. The van der Waals surface area contributed by atoms with Crippen LogP contribution in [0.15, 0.2) is 35.0 Å². The van der Waals surface area contributed by atoms with Crippen LogP contribution in [0.1, 0.15) is 66.4 Å². The highest BCUT2D eigenvalue weighted by Gasteiger charge is 2.17. The molecule has 0 bridgehead atoms. The topological polar surface area (TPSA) is 20.2 Å². The molecule has 3 rings (SSSR count). The molecule has 0 saturated heterocycles. The molecule has 0 amide bonds. The fraction of sp³-hybridized carbons (Fsp3) is 0.444. The van der Waals surface area contributed by atoms with E-state index in [4.69, 9.17) is 0 Å². The van der Waals surface area contributed by atoms with Gasteiger partial charge in [-0.25, -0.2) is 0 Å². The standard InChI is InChI=1S/C18H22OS/c1-13-11-20-12-17(13)18(19)16-9-7-15(8-10-16)14-5-3-2-4-6-14/h7-12,14,18-19H,2-6H2,1H3. The maximum atomic E-state index is 10.5. The van der Waals surface area contributed by atoms with Crippen molar-refractivity contribution < 1.29 is 5.11 Å². The molecule has 1 aliphatic rings. The van der Waals surface area contributed by atoms with Crippen molar-refractivity contribution in [3.8, 4) is 0 Å². The molecule has 0 radical (unpaired) electrons. The van der Waals surface area contributed by atoms with Gasteiger partial charge in [0.05, 0.1) is 0 Å². The van der Waals surface area contributed by atoms with E-state index in [9.17, 15) is 5.11 Å². The molecule has 1 aromatic carbocycles. The number of hydrogen-bond acceptors (Lipinski definition) is 2. The van der Waals surface area contributed by atoms with E-state index >= 15 is 0 Å². The Labute approximate surface area is 125 Å². The van der Waals surface area contributed by atoms with Crippen LogP contribution < -0.4 is 0 Å². The van der Waals surface area contributed by atoms with Crippen LogP contribution in [0.4, 0.5) is 0 Å². The highest BCUT2D eigenvalue weighted by atomic mass is 32.1. The highest BCUT2D eigenvalue weighted by Crippen LogP contribution is 2.34. The first kappa shape index (κ1) is 13.8. The largest absolute Gasteiger partial charge is 0.384 e. The van der Waals surface area contributed by atoms with E-state index in [2.05, 4.69) is 41.9 Å². The Morgan fingerprint density at radius 2 is 1.75 bits per heavy atom.